The molecule has 38 heavy (non-hydrogen) atoms. The first-order valence-corrected chi connectivity index (χ1v) is 14.6. The molecule has 2 heterocycles. The third kappa shape index (κ3) is 6.30. The zero-order valence-corrected chi connectivity index (χ0v) is 24.0. The molecule has 0 saturated carbocycles. The Bertz CT molecular complexity index is 1330. The molecule has 0 aliphatic carbocycles. The number of ether oxygens (including phenoxy) is 1. The van der Waals surface area contributed by atoms with E-state index in [2.05, 4.69) is 22.1 Å². The molecule has 0 unspecified atom stereocenters. The van der Waals surface area contributed by atoms with Gasteiger partial charge in [-0.05, 0) is 71.1 Å². The number of carbonyl (C=O) groups excluding carboxylic acids is 2. The lowest BCUT2D eigenvalue weighted by Gasteiger charge is -2.35. The van der Waals surface area contributed by atoms with Crippen molar-refractivity contribution >= 4 is 33.2 Å². The van der Waals surface area contributed by atoms with Gasteiger partial charge in [0.25, 0.3) is 5.91 Å². The molecule has 1 aliphatic heterocycles. The lowest BCUT2D eigenvalue weighted by Crippen LogP contribution is -2.40. The van der Waals surface area contributed by atoms with Gasteiger partial charge in [-0.15, -0.1) is 0 Å². The van der Waals surface area contributed by atoms with Gasteiger partial charge in [0.1, 0.15) is 5.76 Å². The number of piperidine rings is 1. The van der Waals surface area contributed by atoms with Crippen LogP contribution in [0.3, 0.4) is 0 Å². The van der Waals surface area contributed by atoms with Crippen LogP contribution >= 0.6 is 0 Å². The second-order valence-electron chi connectivity index (χ2n) is 9.85. The molecular formula is C28H40N4O5S. The molecule has 1 aliphatic rings. The minimum absolute atomic E-state index is 0.105. The van der Waals surface area contributed by atoms with E-state index in [4.69, 9.17) is 4.74 Å². The fourth-order valence-electron chi connectivity index (χ4n) is 5.31. The van der Waals surface area contributed by atoms with Crippen molar-refractivity contribution in [2.24, 2.45) is 5.92 Å². The first kappa shape index (κ1) is 29.4. The molecule has 1 aromatic heterocycles. The standard InChI is InChI=1S/C28H40N4O5S/c1-7-38(35,36)31-14-12-23(13-15-31)21(4)32-22(5)27(24-10-8-9-11-25(24)32)28(34)29-17-19(2)26(37-6)16-20(3)30-18-33/h8-11,16,18,21,23H,7,12-15,17H2,1-6H3,(H,29,34)(H,30,33)/b20-16-,26-19-/t21-/m0/s1. The minimum Gasteiger partial charge on any atom is -0.497 e. The molecule has 2 N–H and O–H groups in total. The number of rotatable bonds is 11. The number of allylic oxidation sites excluding steroid dienone is 2. The Hall–Kier alpha value is -3.11. The number of methoxy groups -OCH3 is 1. The SMILES string of the molecule is CCS(=O)(=O)N1CCC([C@H](C)n2c(C)c(C(=O)NC/C(C)=C(/C=C(/C)NC=O)OC)c3ccccc32)CC1. The van der Waals surface area contributed by atoms with Crippen molar-refractivity contribution in [1.82, 2.24) is 19.5 Å². The molecule has 1 saturated heterocycles. The highest BCUT2D eigenvalue weighted by Gasteiger charge is 2.32. The van der Waals surface area contributed by atoms with Gasteiger partial charge in [-0.2, -0.15) is 0 Å². The van der Waals surface area contributed by atoms with Gasteiger partial charge in [0.05, 0.1) is 18.4 Å². The smallest absolute Gasteiger partial charge is 0.253 e. The summed E-state index contributed by atoms with van der Waals surface area (Å²) in [6.45, 7) is 10.8. The van der Waals surface area contributed by atoms with Crippen LogP contribution in [0, 0.1) is 12.8 Å². The third-order valence-corrected chi connectivity index (χ3v) is 9.40. The zero-order valence-electron chi connectivity index (χ0n) is 23.2. The second-order valence-corrected chi connectivity index (χ2v) is 12.1. The maximum atomic E-state index is 13.5. The normalized spacial score (nSPS) is 17.2. The molecule has 1 atom stereocenters. The highest BCUT2D eigenvalue weighted by Crippen LogP contribution is 2.36. The number of hydrogen-bond donors (Lipinski definition) is 2. The van der Waals surface area contributed by atoms with Crippen LogP contribution in [-0.2, 0) is 19.6 Å². The summed E-state index contributed by atoms with van der Waals surface area (Å²) in [5.41, 5.74) is 3.97. The Balaban J connectivity index is 1.85. The van der Waals surface area contributed by atoms with Crippen LogP contribution in [0.15, 0.2) is 47.4 Å². The summed E-state index contributed by atoms with van der Waals surface area (Å²) < 4.78 is 33.9. The molecule has 2 aromatic rings. The maximum Gasteiger partial charge on any atom is 0.253 e. The topological polar surface area (TPSA) is 110 Å². The van der Waals surface area contributed by atoms with E-state index >= 15 is 0 Å². The van der Waals surface area contributed by atoms with E-state index in [9.17, 15) is 18.0 Å². The maximum absolute atomic E-state index is 13.5. The highest BCUT2D eigenvalue weighted by molar-refractivity contribution is 7.89. The quantitative estimate of drug-likeness (QED) is 0.254. The van der Waals surface area contributed by atoms with Gasteiger partial charge in [0.15, 0.2) is 0 Å². The fourth-order valence-corrected chi connectivity index (χ4v) is 6.44. The van der Waals surface area contributed by atoms with Crippen LogP contribution in [0.4, 0.5) is 0 Å². The Morgan fingerprint density at radius 3 is 2.47 bits per heavy atom. The molecule has 0 bridgehead atoms. The molecule has 9 nitrogen and oxygen atoms in total. The number of aromatic nitrogens is 1. The summed E-state index contributed by atoms with van der Waals surface area (Å²) in [4.78, 5) is 24.2. The lowest BCUT2D eigenvalue weighted by molar-refractivity contribution is -0.108. The first-order chi connectivity index (χ1) is 18.0. The monoisotopic (exact) mass is 544 g/mol. The molecule has 3 rings (SSSR count). The molecule has 0 spiro atoms. The number of para-hydroxylation sites is 1. The molecule has 1 aromatic carbocycles. The number of benzene rings is 1. The van der Waals surface area contributed by atoms with Crippen LogP contribution < -0.4 is 10.6 Å². The summed E-state index contributed by atoms with van der Waals surface area (Å²) in [5.74, 6) is 0.823. The van der Waals surface area contributed by atoms with E-state index in [1.807, 2.05) is 38.1 Å². The number of hydrogen-bond acceptors (Lipinski definition) is 5. The molecule has 1 fully saturated rings. The summed E-state index contributed by atoms with van der Waals surface area (Å²) in [7, 11) is -1.63. The van der Waals surface area contributed by atoms with Crippen molar-refractivity contribution < 1.29 is 22.7 Å². The summed E-state index contributed by atoms with van der Waals surface area (Å²) >= 11 is 0. The van der Waals surface area contributed by atoms with Crippen LogP contribution in [0.5, 0.6) is 0 Å². The van der Waals surface area contributed by atoms with Gasteiger partial charge >= 0.3 is 0 Å². The van der Waals surface area contributed by atoms with Gasteiger partial charge in [-0.1, -0.05) is 18.2 Å². The van der Waals surface area contributed by atoms with Gasteiger partial charge in [-0.3, -0.25) is 9.59 Å². The predicted octanol–water partition coefficient (Wildman–Crippen LogP) is 3.87. The molecule has 2 amide bonds. The summed E-state index contributed by atoms with van der Waals surface area (Å²) in [5, 5.41) is 6.50. The number of carbonyl (C=O) groups is 2. The van der Waals surface area contributed by atoms with Crippen LogP contribution in [-0.4, -0.2) is 62.1 Å². The second kappa shape index (κ2) is 12.6. The van der Waals surface area contributed by atoms with Gasteiger partial charge < -0.3 is 19.9 Å². The van der Waals surface area contributed by atoms with Crippen molar-refractivity contribution in [3.63, 3.8) is 0 Å². The van der Waals surface area contributed by atoms with Crippen LogP contribution in [0.1, 0.15) is 62.6 Å². The average molecular weight is 545 g/mol. The predicted molar refractivity (Wildman–Crippen MR) is 150 cm³/mol. The summed E-state index contributed by atoms with van der Waals surface area (Å²) in [6, 6.07) is 8.02. The van der Waals surface area contributed by atoms with E-state index in [0.29, 0.717) is 42.4 Å². The average Bonchev–Trinajstić information content (AvgIpc) is 3.21. The molecule has 0 radical (unpaired) electrons. The van der Waals surface area contributed by atoms with Crippen molar-refractivity contribution in [1.29, 1.82) is 0 Å². The van der Waals surface area contributed by atoms with Gasteiger partial charge in [0.2, 0.25) is 16.4 Å². The van der Waals surface area contributed by atoms with Crippen LogP contribution in [0.25, 0.3) is 10.9 Å². The van der Waals surface area contributed by atoms with Gasteiger partial charge in [-0.25, -0.2) is 12.7 Å². The number of sulfonamides is 1. The first-order valence-electron chi connectivity index (χ1n) is 13.0. The van der Waals surface area contributed by atoms with Crippen molar-refractivity contribution in [2.45, 2.75) is 53.5 Å². The van der Waals surface area contributed by atoms with Crippen molar-refractivity contribution in [2.75, 3.05) is 32.5 Å². The number of fused-ring (bicyclic) bond motifs is 1. The van der Waals surface area contributed by atoms with E-state index in [1.165, 1.54) is 0 Å². The number of nitrogens with zero attached hydrogens (tertiary/aromatic N) is 2. The third-order valence-electron chi connectivity index (χ3n) is 7.52. The number of amides is 2. The molecule has 208 valence electrons. The number of nitrogens with one attached hydrogen (secondary N) is 2. The van der Waals surface area contributed by atoms with Crippen molar-refractivity contribution in [3.05, 3.63) is 58.6 Å². The summed E-state index contributed by atoms with van der Waals surface area (Å²) in [6.07, 6.45) is 3.88. The molecule has 10 heteroatoms. The van der Waals surface area contributed by atoms with E-state index in [1.54, 1.807) is 31.3 Å². The Kier molecular flexibility index (Phi) is 9.78. The fraction of sp³-hybridized carbons (Fsp3) is 0.500. The molecular weight excluding hydrogens is 504 g/mol. The van der Waals surface area contributed by atoms with E-state index < -0.39 is 10.0 Å². The van der Waals surface area contributed by atoms with E-state index in [-0.39, 0.29) is 24.2 Å². The minimum atomic E-state index is -3.18. The Morgan fingerprint density at radius 2 is 1.87 bits per heavy atom. The van der Waals surface area contributed by atoms with Crippen LogP contribution in [0.2, 0.25) is 0 Å². The Labute approximate surface area is 226 Å². The van der Waals surface area contributed by atoms with Gasteiger partial charge in [0, 0.05) is 48.0 Å². The largest absolute Gasteiger partial charge is 0.497 e. The Morgan fingerprint density at radius 1 is 1.21 bits per heavy atom. The lowest BCUT2D eigenvalue weighted by atomic mass is 9.91. The highest BCUT2D eigenvalue weighted by atomic mass is 32.2. The van der Waals surface area contributed by atoms with Crippen molar-refractivity contribution in [3.8, 4) is 0 Å². The zero-order chi connectivity index (χ0) is 28.0. The van der Waals surface area contributed by atoms with E-state index in [0.717, 1.165) is 35.0 Å².